The second-order valence-corrected chi connectivity index (χ2v) is 3.53. The van der Waals surface area contributed by atoms with E-state index >= 15 is 0 Å². The number of rotatable bonds is 3. The standard InChI is InChI=1S/C9H10N2OS/c1-2-10-9-6-7(12-11-9)8-4-3-5-13-8/h3-6H,2H2,1H3,(H,10,11). The quantitative estimate of drug-likeness (QED) is 0.816. The largest absolute Gasteiger partial charge is 0.368 e. The van der Waals surface area contributed by atoms with E-state index in [0.29, 0.717) is 0 Å². The van der Waals surface area contributed by atoms with Crippen molar-refractivity contribution in [1.82, 2.24) is 5.16 Å². The van der Waals surface area contributed by atoms with E-state index in [0.717, 1.165) is 23.0 Å². The first kappa shape index (κ1) is 8.31. The molecule has 0 aliphatic heterocycles. The lowest BCUT2D eigenvalue weighted by atomic mass is 10.3. The molecule has 2 aromatic heterocycles. The highest BCUT2D eigenvalue weighted by molar-refractivity contribution is 7.13. The number of hydrogen-bond donors (Lipinski definition) is 1. The van der Waals surface area contributed by atoms with Gasteiger partial charge in [-0.2, -0.15) is 0 Å². The molecule has 2 aromatic rings. The molecule has 0 aliphatic carbocycles. The fourth-order valence-corrected chi connectivity index (χ4v) is 1.75. The molecule has 0 saturated heterocycles. The molecule has 68 valence electrons. The monoisotopic (exact) mass is 194 g/mol. The van der Waals surface area contributed by atoms with Crippen LogP contribution in [0.15, 0.2) is 28.1 Å². The van der Waals surface area contributed by atoms with E-state index in [4.69, 9.17) is 4.52 Å². The molecule has 0 radical (unpaired) electrons. The van der Waals surface area contributed by atoms with Crippen molar-refractivity contribution in [1.29, 1.82) is 0 Å². The van der Waals surface area contributed by atoms with E-state index in [1.54, 1.807) is 11.3 Å². The predicted octanol–water partition coefficient (Wildman–Crippen LogP) is 2.83. The van der Waals surface area contributed by atoms with Crippen molar-refractivity contribution in [2.24, 2.45) is 0 Å². The Bertz CT molecular complexity index is 367. The highest BCUT2D eigenvalue weighted by atomic mass is 32.1. The zero-order chi connectivity index (χ0) is 9.10. The van der Waals surface area contributed by atoms with Gasteiger partial charge in [0, 0.05) is 12.6 Å². The summed E-state index contributed by atoms with van der Waals surface area (Å²) in [5.74, 6) is 1.62. The molecule has 1 N–H and O–H groups in total. The topological polar surface area (TPSA) is 38.1 Å². The molecule has 0 aliphatic rings. The lowest BCUT2D eigenvalue weighted by Crippen LogP contribution is -1.95. The van der Waals surface area contributed by atoms with E-state index in [2.05, 4.69) is 10.5 Å². The van der Waals surface area contributed by atoms with Crippen LogP contribution in [0, 0.1) is 0 Å². The van der Waals surface area contributed by atoms with Gasteiger partial charge in [-0.1, -0.05) is 11.2 Å². The summed E-state index contributed by atoms with van der Waals surface area (Å²) >= 11 is 1.65. The zero-order valence-electron chi connectivity index (χ0n) is 7.28. The third-order valence-corrected chi connectivity index (χ3v) is 2.52. The molecule has 0 fully saturated rings. The van der Waals surface area contributed by atoms with Crippen molar-refractivity contribution in [2.75, 3.05) is 11.9 Å². The normalized spacial score (nSPS) is 10.2. The van der Waals surface area contributed by atoms with Crippen LogP contribution in [0.3, 0.4) is 0 Å². The third kappa shape index (κ3) is 1.72. The average molecular weight is 194 g/mol. The number of aromatic nitrogens is 1. The highest BCUT2D eigenvalue weighted by Crippen LogP contribution is 2.26. The van der Waals surface area contributed by atoms with Crippen molar-refractivity contribution in [2.45, 2.75) is 6.92 Å². The summed E-state index contributed by atoms with van der Waals surface area (Å²) in [5.41, 5.74) is 0. The van der Waals surface area contributed by atoms with Gasteiger partial charge in [0.2, 0.25) is 0 Å². The molecule has 2 heterocycles. The molecule has 0 atom stereocenters. The van der Waals surface area contributed by atoms with Crippen molar-refractivity contribution < 1.29 is 4.52 Å². The second kappa shape index (κ2) is 3.62. The molecule has 0 saturated carbocycles. The van der Waals surface area contributed by atoms with Gasteiger partial charge in [0.1, 0.15) is 0 Å². The van der Waals surface area contributed by atoms with Crippen LogP contribution in [0.4, 0.5) is 5.82 Å². The Kier molecular flexibility index (Phi) is 2.31. The molecule has 0 aromatic carbocycles. The number of nitrogens with zero attached hydrogens (tertiary/aromatic N) is 1. The third-order valence-electron chi connectivity index (χ3n) is 1.63. The van der Waals surface area contributed by atoms with Gasteiger partial charge in [0.05, 0.1) is 4.88 Å². The summed E-state index contributed by atoms with van der Waals surface area (Å²) in [7, 11) is 0. The molecule has 2 rings (SSSR count). The number of nitrogens with one attached hydrogen (secondary N) is 1. The minimum Gasteiger partial charge on any atom is -0.368 e. The summed E-state index contributed by atoms with van der Waals surface area (Å²) in [5, 5.41) is 8.99. The first-order valence-corrected chi connectivity index (χ1v) is 5.02. The van der Waals surface area contributed by atoms with Crippen LogP contribution in [-0.2, 0) is 0 Å². The van der Waals surface area contributed by atoms with Gasteiger partial charge in [-0.05, 0) is 18.4 Å². The van der Waals surface area contributed by atoms with E-state index in [1.807, 2.05) is 30.5 Å². The Morgan fingerprint density at radius 1 is 1.62 bits per heavy atom. The number of anilines is 1. The van der Waals surface area contributed by atoms with Crippen LogP contribution in [0.2, 0.25) is 0 Å². The molecule has 0 amide bonds. The molecule has 0 spiro atoms. The van der Waals surface area contributed by atoms with Crippen LogP contribution in [0.5, 0.6) is 0 Å². The van der Waals surface area contributed by atoms with E-state index in [1.165, 1.54) is 0 Å². The average Bonchev–Trinajstić information content (AvgIpc) is 2.70. The number of thiophene rings is 1. The van der Waals surface area contributed by atoms with Crippen LogP contribution in [0.25, 0.3) is 10.6 Å². The van der Waals surface area contributed by atoms with Crippen molar-refractivity contribution >= 4 is 17.2 Å². The lowest BCUT2D eigenvalue weighted by molar-refractivity contribution is 0.436. The molecule has 4 heteroatoms. The maximum Gasteiger partial charge on any atom is 0.179 e. The molecule has 3 nitrogen and oxygen atoms in total. The van der Waals surface area contributed by atoms with Gasteiger partial charge in [-0.3, -0.25) is 0 Å². The Balaban J connectivity index is 2.23. The predicted molar refractivity (Wildman–Crippen MR) is 54.0 cm³/mol. The van der Waals surface area contributed by atoms with E-state index < -0.39 is 0 Å². The van der Waals surface area contributed by atoms with Gasteiger partial charge in [-0.15, -0.1) is 11.3 Å². The van der Waals surface area contributed by atoms with Crippen LogP contribution in [0.1, 0.15) is 6.92 Å². The van der Waals surface area contributed by atoms with Crippen LogP contribution >= 0.6 is 11.3 Å². The summed E-state index contributed by atoms with van der Waals surface area (Å²) < 4.78 is 5.16. The van der Waals surface area contributed by atoms with Gasteiger partial charge in [0.15, 0.2) is 11.6 Å². The minimum absolute atomic E-state index is 0.797. The van der Waals surface area contributed by atoms with Crippen molar-refractivity contribution in [3.05, 3.63) is 23.6 Å². The van der Waals surface area contributed by atoms with Gasteiger partial charge < -0.3 is 9.84 Å². The van der Waals surface area contributed by atoms with Gasteiger partial charge in [0.25, 0.3) is 0 Å². The maximum atomic E-state index is 5.16. The lowest BCUT2D eigenvalue weighted by Gasteiger charge is -1.90. The Hall–Kier alpha value is -1.29. The summed E-state index contributed by atoms with van der Waals surface area (Å²) in [6, 6.07) is 5.92. The second-order valence-electron chi connectivity index (χ2n) is 2.58. The highest BCUT2D eigenvalue weighted by Gasteiger charge is 2.05. The SMILES string of the molecule is CCNc1cc(-c2cccs2)on1. The summed E-state index contributed by atoms with van der Waals surface area (Å²) in [6.45, 7) is 2.88. The molecule has 0 unspecified atom stereocenters. The molecular weight excluding hydrogens is 184 g/mol. The fourth-order valence-electron chi connectivity index (χ4n) is 1.07. The smallest absolute Gasteiger partial charge is 0.179 e. The fraction of sp³-hybridized carbons (Fsp3) is 0.222. The Morgan fingerprint density at radius 3 is 3.23 bits per heavy atom. The van der Waals surface area contributed by atoms with Crippen LogP contribution < -0.4 is 5.32 Å². The molecule has 13 heavy (non-hydrogen) atoms. The first-order valence-electron chi connectivity index (χ1n) is 4.14. The Morgan fingerprint density at radius 2 is 2.54 bits per heavy atom. The minimum atomic E-state index is 0.797. The van der Waals surface area contributed by atoms with Crippen LogP contribution in [-0.4, -0.2) is 11.7 Å². The van der Waals surface area contributed by atoms with Gasteiger partial charge >= 0.3 is 0 Å². The Labute approximate surface area is 80.4 Å². The maximum absolute atomic E-state index is 5.16. The summed E-state index contributed by atoms with van der Waals surface area (Å²) in [6.07, 6.45) is 0. The van der Waals surface area contributed by atoms with Crippen molar-refractivity contribution in [3.8, 4) is 10.6 Å². The van der Waals surface area contributed by atoms with E-state index in [-0.39, 0.29) is 0 Å². The first-order chi connectivity index (χ1) is 6.40. The van der Waals surface area contributed by atoms with Crippen molar-refractivity contribution in [3.63, 3.8) is 0 Å². The summed E-state index contributed by atoms with van der Waals surface area (Å²) in [4.78, 5) is 1.11. The molecular formula is C9H10N2OS. The number of hydrogen-bond acceptors (Lipinski definition) is 4. The molecule has 0 bridgehead atoms. The van der Waals surface area contributed by atoms with E-state index in [9.17, 15) is 0 Å². The zero-order valence-corrected chi connectivity index (χ0v) is 8.10. The van der Waals surface area contributed by atoms with Gasteiger partial charge in [-0.25, -0.2) is 0 Å².